The van der Waals surface area contributed by atoms with Gasteiger partial charge in [0.05, 0.1) is 0 Å². The van der Waals surface area contributed by atoms with Gasteiger partial charge in [0.1, 0.15) is 0 Å². The van der Waals surface area contributed by atoms with Crippen molar-refractivity contribution >= 4 is 0 Å². The lowest BCUT2D eigenvalue weighted by Crippen LogP contribution is -2.43. The van der Waals surface area contributed by atoms with Gasteiger partial charge in [-0.1, -0.05) is 20.3 Å². The molecular weight excluding hydrogens is 172 g/mol. The molecule has 1 aliphatic carbocycles. The summed E-state index contributed by atoms with van der Waals surface area (Å²) in [5.41, 5.74) is 6.14. The first-order chi connectivity index (χ1) is 6.68. The molecule has 0 aromatic rings. The maximum atomic E-state index is 6.14. The monoisotopic (exact) mass is 196 g/mol. The highest BCUT2D eigenvalue weighted by Crippen LogP contribution is 2.30. The van der Waals surface area contributed by atoms with Crippen LogP contribution in [0.15, 0.2) is 0 Å². The van der Waals surface area contributed by atoms with Crippen LogP contribution in [0.25, 0.3) is 0 Å². The van der Waals surface area contributed by atoms with Crippen molar-refractivity contribution in [3.05, 3.63) is 0 Å². The molecule has 14 heavy (non-hydrogen) atoms. The Kier molecular flexibility index (Phi) is 3.13. The van der Waals surface area contributed by atoms with E-state index in [-0.39, 0.29) is 0 Å². The van der Waals surface area contributed by atoms with Crippen molar-refractivity contribution in [1.82, 2.24) is 4.90 Å². The van der Waals surface area contributed by atoms with Crippen LogP contribution in [0.4, 0.5) is 0 Å². The number of hydrogen-bond donors (Lipinski definition) is 1. The fourth-order valence-corrected chi connectivity index (χ4v) is 3.08. The van der Waals surface area contributed by atoms with Crippen molar-refractivity contribution in [2.45, 2.75) is 51.6 Å². The molecule has 82 valence electrons. The topological polar surface area (TPSA) is 29.3 Å². The minimum Gasteiger partial charge on any atom is -0.326 e. The summed E-state index contributed by atoms with van der Waals surface area (Å²) in [7, 11) is 0. The van der Waals surface area contributed by atoms with Gasteiger partial charge in [0.2, 0.25) is 0 Å². The SMILES string of the molecule is CC(C)C1CCN(C2CCCC2N)C1. The predicted molar refractivity (Wildman–Crippen MR) is 60.1 cm³/mol. The smallest absolute Gasteiger partial charge is 0.0247 e. The fourth-order valence-electron chi connectivity index (χ4n) is 3.08. The quantitative estimate of drug-likeness (QED) is 0.730. The largest absolute Gasteiger partial charge is 0.326 e. The molecule has 2 nitrogen and oxygen atoms in total. The number of hydrogen-bond acceptors (Lipinski definition) is 2. The molecular formula is C12H24N2. The van der Waals surface area contributed by atoms with E-state index in [0.29, 0.717) is 12.1 Å². The Balaban J connectivity index is 1.88. The summed E-state index contributed by atoms with van der Waals surface area (Å²) in [4.78, 5) is 2.66. The van der Waals surface area contributed by atoms with Crippen molar-refractivity contribution in [3.63, 3.8) is 0 Å². The molecule has 0 radical (unpaired) electrons. The maximum absolute atomic E-state index is 6.14. The molecule has 1 saturated heterocycles. The molecule has 1 aliphatic heterocycles. The van der Waals surface area contributed by atoms with Crippen molar-refractivity contribution in [2.24, 2.45) is 17.6 Å². The molecule has 0 aromatic carbocycles. The zero-order chi connectivity index (χ0) is 10.1. The van der Waals surface area contributed by atoms with Gasteiger partial charge in [0.15, 0.2) is 0 Å². The van der Waals surface area contributed by atoms with E-state index < -0.39 is 0 Å². The Morgan fingerprint density at radius 3 is 2.50 bits per heavy atom. The average molecular weight is 196 g/mol. The van der Waals surface area contributed by atoms with Gasteiger partial charge in [-0.3, -0.25) is 4.90 Å². The van der Waals surface area contributed by atoms with E-state index in [4.69, 9.17) is 5.73 Å². The number of rotatable bonds is 2. The summed E-state index contributed by atoms with van der Waals surface area (Å²) in [5, 5.41) is 0. The summed E-state index contributed by atoms with van der Waals surface area (Å²) >= 11 is 0. The molecule has 3 atom stereocenters. The Hall–Kier alpha value is -0.0800. The average Bonchev–Trinajstić information content (AvgIpc) is 2.71. The first-order valence-electron chi connectivity index (χ1n) is 6.18. The van der Waals surface area contributed by atoms with E-state index in [1.54, 1.807) is 0 Å². The second-order valence-electron chi connectivity index (χ2n) is 5.45. The van der Waals surface area contributed by atoms with Crippen LogP contribution in [0.1, 0.15) is 39.5 Å². The van der Waals surface area contributed by atoms with Crippen LogP contribution in [-0.2, 0) is 0 Å². The molecule has 1 heterocycles. The van der Waals surface area contributed by atoms with E-state index >= 15 is 0 Å². The Morgan fingerprint density at radius 1 is 1.21 bits per heavy atom. The van der Waals surface area contributed by atoms with Crippen LogP contribution in [0.5, 0.6) is 0 Å². The second-order valence-corrected chi connectivity index (χ2v) is 5.45. The number of likely N-dealkylation sites (tertiary alicyclic amines) is 1. The van der Waals surface area contributed by atoms with Gasteiger partial charge < -0.3 is 5.73 Å². The lowest BCUT2D eigenvalue weighted by molar-refractivity contribution is 0.213. The van der Waals surface area contributed by atoms with Gasteiger partial charge in [0.25, 0.3) is 0 Å². The summed E-state index contributed by atoms with van der Waals surface area (Å²) in [6.45, 7) is 7.29. The van der Waals surface area contributed by atoms with E-state index in [1.165, 1.54) is 38.8 Å². The summed E-state index contributed by atoms with van der Waals surface area (Å²) < 4.78 is 0. The zero-order valence-electron chi connectivity index (χ0n) is 9.58. The van der Waals surface area contributed by atoms with Crippen LogP contribution in [0, 0.1) is 11.8 Å². The molecule has 2 heteroatoms. The lowest BCUT2D eigenvalue weighted by atomic mass is 9.95. The molecule has 1 saturated carbocycles. The van der Waals surface area contributed by atoms with E-state index in [1.807, 2.05) is 0 Å². The van der Waals surface area contributed by atoms with Gasteiger partial charge >= 0.3 is 0 Å². The van der Waals surface area contributed by atoms with Crippen LogP contribution in [-0.4, -0.2) is 30.1 Å². The standard InChI is InChI=1S/C12H24N2/c1-9(2)10-6-7-14(8-10)12-5-3-4-11(12)13/h9-12H,3-8,13H2,1-2H3. The zero-order valence-corrected chi connectivity index (χ0v) is 9.58. The van der Waals surface area contributed by atoms with Gasteiger partial charge in [-0.2, -0.15) is 0 Å². The minimum atomic E-state index is 0.459. The maximum Gasteiger partial charge on any atom is 0.0247 e. The molecule has 2 N–H and O–H groups in total. The lowest BCUT2D eigenvalue weighted by Gasteiger charge is -2.27. The summed E-state index contributed by atoms with van der Waals surface area (Å²) in [5.74, 6) is 1.76. The third-order valence-electron chi connectivity index (χ3n) is 4.20. The third-order valence-corrected chi connectivity index (χ3v) is 4.20. The second kappa shape index (κ2) is 4.19. The summed E-state index contributed by atoms with van der Waals surface area (Å²) in [6, 6.07) is 1.17. The van der Waals surface area contributed by atoms with Gasteiger partial charge in [-0.15, -0.1) is 0 Å². The number of nitrogens with two attached hydrogens (primary N) is 1. The van der Waals surface area contributed by atoms with Gasteiger partial charge in [-0.05, 0) is 37.6 Å². The van der Waals surface area contributed by atoms with Gasteiger partial charge in [0, 0.05) is 18.6 Å². The first kappa shape index (κ1) is 10.4. The molecule has 0 amide bonds. The van der Waals surface area contributed by atoms with Crippen LogP contribution < -0.4 is 5.73 Å². The van der Waals surface area contributed by atoms with E-state index in [9.17, 15) is 0 Å². The van der Waals surface area contributed by atoms with Crippen LogP contribution >= 0.6 is 0 Å². The van der Waals surface area contributed by atoms with Crippen molar-refractivity contribution in [2.75, 3.05) is 13.1 Å². The molecule has 2 fully saturated rings. The van der Waals surface area contributed by atoms with E-state index in [2.05, 4.69) is 18.7 Å². The molecule has 2 rings (SSSR count). The highest BCUT2D eigenvalue weighted by atomic mass is 15.2. The third kappa shape index (κ3) is 1.96. The van der Waals surface area contributed by atoms with Crippen molar-refractivity contribution < 1.29 is 0 Å². The normalized spacial score (nSPS) is 39.9. The fraction of sp³-hybridized carbons (Fsp3) is 1.00. The van der Waals surface area contributed by atoms with E-state index in [0.717, 1.165) is 11.8 Å². The highest BCUT2D eigenvalue weighted by molar-refractivity contribution is 4.92. The Morgan fingerprint density at radius 2 is 2.00 bits per heavy atom. The van der Waals surface area contributed by atoms with Gasteiger partial charge in [-0.25, -0.2) is 0 Å². The minimum absolute atomic E-state index is 0.459. The van der Waals surface area contributed by atoms with Crippen LogP contribution in [0.3, 0.4) is 0 Å². The predicted octanol–water partition coefficient (Wildman–Crippen LogP) is 1.84. The highest BCUT2D eigenvalue weighted by Gasteiger charge is 2.34. The number of nitrogens with zero attached hydrogens (tertiary/aromatic N) is 1. The molecule has 0 bridgehead atoms. The Bertz CT molecular complexity index is 191. The molecule has 0 spiro atoms. The van der Waals surface area contributed by atoms with Crippen molar-refractivity contribution in [1.29, 1.82) is 0 Å². The van der Waals surface area contributed by atoms with Crippen molar-refractivity contribution in [3.8, 4) is 0 Å². The molecule has 3 unspecified atom stereocenters. The van der Waals surface area contributed by atoms with Crippen LogP contribution in [0.2, 0.25) is 0 Å². The first-order valence-corrected chi connectivity index (χ1v) is 6.18. The summed E-state index contributed by atoms with van der Waals surface area (Å²) in [6.07, 6.45) is 5.31. The molecule has 2 aliphatic rings. The molecule has 0 aromatic heterocycles. The Labute approximate surface area is 87.8 Å².